The smallest absolute Gasteiger partial charge is 0.337 e. The Hall–Kier alpha value is -0.620. The van der Waals surface area contributed by atoms with Crippen molar-refractivity contribution >= 4 is 50.0 Å². The molecule has 14 heavy (non-hydrogen) atoms. The first-order valence-corrected chi connectivity index (χ1v) is 5.91. The number of hydrogen-bond acceptors (Lipinski definition) is 2. The van der Waals surface area contributed by atoms with Gasteiger partial charge in [0.1, 0.15) is 0 Å². The molecule has 0 saturated carbocycles. The molecule has 2 nitrogen and oxygen atoms in total. The fourth-order valence-electron chi connectivity index (χ4n) is 1.38. The molecule has 0 bridgehead atoms. The van der Waals surface area contributed by atoms with Gasteiger partial charge in [0.15, 0.2) is 0 Å². The number of carboxylic acids is 1. The van der Waals surface area contributed by atoms with E-state index in [0.29, 0.717) is 5.56 Å². The quantitative estimate of drug-likeness (QED) is 0.817. The van der Waals surface area contributed by atoms with Gasteiger partial charge in [-0.05, 0) is 47.7 Å². The SMILES string of the molecule is Cc1cc2c(I)ccc(C(=O)O)c2s1. The van der Waals surface area contributed by atoms with E-state index in [1.54, 1.807) is 6.07 Å². The Morgan fingerprint density at radius 3 is 2.86 bits per heavy atom. The van der Waals surface area contributed by atoms with Crippen LogP contribution in [0.1, 0.15) is 15.2 Å². The van der Waals surface area contributed by atoms with Crippen molar-refractivity contribution in [2.45, 2.75) is 6.92 Å². The van der Waals surface area contributed by atoms with Gasteiger partial charge >= 0.3 is 5.97 Å². The summed E-state index contributed by atoms with van der Waals surface area (Å²) in [7, 11) is 0. The summed E-state index contributed by atoms with van der Waals surface area (Å²) in [6.07, 6.45) is 0. The molecule has 1 heterocycles. The van der Waals surface area contributed by atoms with Crippen molar-refractivity contribution in [3.63, 3.8) is 0 Å². The Balaban J connectivity index is 2.87. The summed E-state index contributed by atoms with van der Waals surface area (Å²) in [6.45, 7) is 1.99. The van der Waals surface area contributed by atoms with Gasteiger partial charge in [0.25, 0.3) is 0 Å². The molecule has 4 heteroatoms. The van der Waals surface area contributed by atoms with E-state index in [1.807, 2.05) is 19.1 Å². The molecule has 72 valence electrons. The van der Waals surface area contributed by atoms with Crippen LogP contribution in [0.4, 0.5) is 0 Å². The van der Waals surface area contributed by atoms with Crippen molar-refractivity contribution in [1.29, 1.82) is 0 Å². The summed E-state index contributed by atoms with van der Waals surface area (Å²) < 4.78 is 1.98. The number of carbonyl (C=O) groups is 1. The second-order valence-corrected chi connectivity index (χ2v) is 5.42. The molecule has 1 aromatic heterocycles. The molecular formula is C10H7IO2S. The third-order valence-electron chi connectivity index (χ3n) is 1.98. The lowest BCUT2D eigenvalue weighted by atomic mass is 10.1. The van der Waals surface area contributed by atoms with Gasteiger partial charge in [0.05, 0.1) is 10.3 Å². The Morgan fingerprint density at radius 1 is 1.50 bits per heavy atom. The maximum absolute atomic E-state index is 10.9. The fraction of sp³-hybridized carbons (Fsp3) is 0.100. The average molecular weight is 318 g/mol. The summed E-state index contributed by atoms with van der Waals surface area (Å²) in [5.41, 5.74) is 0.401. The molecule has 0 aliphatic rings. The lowest BCUT2D eigenvalue weighted by Crippen LogP contribution is -1.95. The Morgan fingerprint density at radius 2 is 2.21 bits per heavy atom. The molecule has 2 rings (SSSR count). The van der Waals surface area contributed by atoms with Crippen molar-refractivity contribution in [3.05, 3.63) is 32.2 Å². The van der Waals surface area contributed by atoms with Gasteiger partial charge < -0.3 is 5.11 Å². The third kappa shape index (κ3) is 1.52. The molecular weight excluding hydrogens is 311 g/mol. The van der Waals surface area contributed by atoms with E-state index in [9.17, 15) is 4.79 Å². The predicted molar refractivity (Wildman–Crippen MR) is 66.2 cm³/mol. The minimum atomic E-state index is -0.853. The van der Waals surface area contributed by atoms with E-state index in [-0.39, 0.29) is 0 Å². The van der Waals surface area contributed by atoms with Gasteiger partial charge in [0, 0.05) is 13.8 Å². The monoisotopic (exact) mass is 318 g/mol. The number of carboxylic acid groups (broad SMARTS) is 1. The largest absolute Gasteiger partial charge is 0.478 e. The van der Waals surface area contributed by atoms with Crippen LogP contribution in [0, 0.1) is 10.5 Å². The number of aryl methyl sites for hydroxylation is 1. The van der Waals surface area contributed by atoms with E-state index >= 15 is 0 Å². The molecule has 0 amide bonds. The first-order valence-electron chi connectivity index (χ1n) is 4.01. The third-order valence-corrected chi connectivity index (χ3v) is 4.01. The fourth-order valence-corrected chi connectivity index (χ4v) is 3.21. The highest BCUT2D eigenvalue weighted by molar-refractivity contribution is 14.1. The summed E-state index contributed by atoms with van der Waals surface area (Å²) >= 11 is 3.76. The molecule has 0 radical (unpaired) electrons. The Kier molecular flexibility index (Phi) is 2.48. The van der Waals surface area contributed by atoms with Gasteiger partial charge in [-0.3, -0.25) is 0 Å². The Labute approximate surface area is 98.7 Å². The average Bonchev–Trinajstić information content (AvgIpc) is 2.47. The molecule has 0 spiro atoms. The lowest BCUT2D eigenvalue weighted by Gasteiger charge is -1.98. The van der Waals surface area contributed by atoms with E-state index in [1.165, 1.54) is 11.3 Å². The molecule has 0 atom stereocenters. The zero-order chi connectivity index (χ0) is 10.3. The van der Waals surface area contributed by atoms with Gasteiger partial charge in [-0.1, -0.05) is 0 Å². The maximum Gasteiger partial charge on any atom is 0.337 e. The van der Waals surface area contributed by atoms with Crippen molar-refractivity contribution in [2.75, 3.05) is 0 Å². The van der Waals surface area contributed by atoms with Crippen LogP contribution in [-0.4, -0.2) is 11.1 Å². The zero-order valence-electron chi connectivity index (χ0n) is 7.37. The number of fused-ring (bicyclic) bond motifs is 1. The van der Waals surface area contributed by atoms with Gasteiger partial charge in [-0.2, -0.15) is 0 Å². The highest BCUT2D eigenvalue weighted by Crippen LogP contribution is 2.31. The first-order chi connectivity index (χ1) is 6.59. The van der Waals surface area contributed by atoms with Crippen LogP contribution in [-0.2, 0) is 0 Å². The maximum atomic E-state index is 10.9. The molecule has 0 unspecified atom stereocenters. The van der Waals surface area contributed by atoms with Crippen molar-refractivity contribution in [1.82, 2.24) is 0 Å². The van der Waals surface area contributed by atoms with Crippen LogP contribution in [0.25, 0.3) is 10.1 Å². The number of hydrogen-bond donors (Lipinski definition) is 1. The van der Waals surface area contributed by atoms with Crippen LogP contribution >= 0.6 is 33.9 Å². The second-order valence-electron chi connectivity index (χ2n) is 3.00. The highest BCUT2D eigenvalue weighted by Gasteiger charge is 2.12. The molecule has 1 N–H and O–H groups in total. The van der Waals surface area contributed by atoms with Crippen LogP contribution in [0.15, 0.2) is 18.2 Å². The molecule has 1 aromatic carbocycles. The predicted octanol–water partition coefficient (Wildman–Crippen LogP) is 3.51. The summed E-state index contributed by atoms with van der Waals surface area (Å²) in [4.78, 5) is 12.1. The molecule has 0 saturated heterocycles. The number of aromatic carboxylic acids is 1. The van der Waals surface area contributed by atoms with Gasteiger partial charge in [-0.15, -0.1) is 11.3 Å². The molecule has 0 fully saturated rings. The Bertz CT molecular complexity index is 516. The van der Waals surface area contributed by atoms with Crippen LogP contribution in [0.3, 0.4) is 0 Å². The summed E-state index contributed by atoms with van der Waals surface area (Å²) in [6, 6.07) is 5.55. The lowest BCUT2D eigenvalue weighted by molar-refractivity contribution is 0.0699. The van der Waals surface area contributed by atoms with Gasteiger partial charge in [-0.25, -0.2) is 4.79 Å². The second kappa shape index (κ2) is 3.51. The van der Waals surface area contributed by atoms with E-state index in [4.69, 9.17) is 5.11 Å². The van der Waals surface area contributed by atoms with Crippen LogP contribution in [0.2, 0.25) is 0 Å². The van der Waals surface area contributed by atoms with E-state index in [2.05, 4.69) is 22.6 Å². The minimum Gasteiger partial charge on any atom is -0.478 e. The first kappa shape index (κ1) is 9.92. The van der Waals surface area contributed by atoms with Crippen LogP contribution < -0.4 is 0 Å². The van der Waals surface area contributed by atoms with Crippen molar-refractivity contribution in [2.24, 2.45) is 0 Å². The number of thiophene rings is 1. The standard InChI is InChI=1S/C10H7IO2S/c1-5-4-7-8(11)3-2-6(10(12)13)9(7)14-5/h2-4H,1H3,(H,12,13). The molecule has 0 aliphatic carbocycles. The van der Waals surface area contributed by atoms with Crippen molar-refractivity contribution < 1.29 is 9.90 Å². The summed E-state index contributed by atoms with van der Waals surface area (Å²) in [5, 5.41) is 10.0. The van der Waals surface area contributed by atoms with Crippen molar-refractivity contribution in [3.8, 4) is 0 Å². The number of rotatable bonds is 1. The number of halogens is 1. The van der Waals surface area contributed by atoms with E-state index < -0.39 is 5.97 Å². The normalized spacial score (nSPS) is 10.7. The highest BCUT2D eigenvalue weighted by atomic mass is 127. The van der Waals surface area contributed by atoms with Gasteiger partial charge in [0.2, 0.25) is 0 Å². The molecule has 0 aliphatic heterocycles. The van der Waals surface area contributed by atoms with E-state index in [0.717, 1.165) is 18.5 Å². The van der Waals surface area contributed by atoms with Crippen LogP contribution in [0.5, 0.6) is 0 Å². The summed E-state index contributed by atoms with van der Waals surface area (Å²) in [5.74, 6) is -0.853. The number of benzene rings is 1. The minimum absolute atomic E-state index is 0.401. The molecule has 2 aromatic rings. The zero-order valence-corrected chi connectivity index (χ0v) is 10.3. The topological polar surface area (TPSA) is 37.3 Å².